The van der Waals surface area contributed by atoms with Crippen LogP contribution in [0.1, 0.15) is 17.5 Å². The standard InChI is InChI=1S/C22H23N3O3/c1-14-4-3-5-16(10-14)25-21(26)12-20(22(25)27)23-9-8-15-13-24-19-7-6-17(28-2)11-18(15)19/h3-7,10-11,13,20,23-24H,8-9,12H2,1-2H3/t20-/m0/s1. The summed E-state index contributed by atoms with van der Waals surface area (Å²) in [5.74, 6) is 0.466. The highest BCUT2D eigenvalue weighted by molar-refractivity contribution is 6.22. The number of aromatic amines is 1. The Labute approximate surface area is 163 Å². The summed E-state index contributed by atoms with van der Waals surface area (Å²) in [4.78, 5) is 29.7. The van der Waals surface area contributed by atoms with Crippen molar-refractivity contribution in [2.75, 3.05) is 18.6 Å². The molecule has 1 aliphatic heterocycles. The lowest BCUT2D eigenvalue weighted by atomic mass is 10.1. The number of H-pyrrole nitrogens is 1. The number of benzene rings is 2. The fourth-order valence-electron chi connectivity index (χ4n) is 3.70. The van der Waals surface area contributed by atoms with Crippen molar-refractivity contribution in [2.24, 2.45) is 0 Å². The zero-order valence-electron chi connectivity index (χ0n) is 16.0. The summed E-state index contributed by atoms with van der Waals surface area (Å²) in [6.45, 7) is 2.55. The fraction of sp³-hybridized carbons (Fsp3) is 0.273. The number of ether oxygens (including phenoxy) is 1. The number of nitrogens with zero attached hydrogens (tertiary/aromatic N) is 1. The van der Waals surface area contributed by atoms with Crippen molar-refractivity contribution in [1.82, 2.24) is 10.3 Å². The highest BCUT2D eigenvalue weighted by Crippen LogP contribution is 2.25. The monoisotopic (exact) mass is 377 g/mol. The van der Waals surface area contributed by atoms with Crippen LogP contribution in [-0.2, 0) is 16.0 Å². The van der Waals surface area contributed by atoms with Crippen LogP contribution in [-0.4, -0.2) is 36.5 Å². The van der Waals surface area contributed by atoms with E-state index in [0.29, 0.717) is 12.2 Å². The lowest BCUT2D eigenvalue weighted by molar-refractivity contribution is -0.121. The number of aryl methyl sites for hydroxylation is 1. The third-order valence-corrected chi connectivity index (χ3v) is 5.17. The van der Waals surface area contributed by atoms with E-state index in [4.69, 9.17) is 4.74 Å². The molecular weight excluding hydrogens is 354 g/mol. The van der Waals surface area contributed by atoms with Gasteiger partial charge >= 0.3 is 0 Å². The lowest BCUT2D eigenvalue weighted by Gasteiger charge is -2.16. The SMILES string of the molecule is COc1ccc2[nH]cc(CCN[C@H]3CC(=O)N(c4cccc(C)c4)C3=O)c2c1. The quantitative estimate of drug-likeness (QED) is 0.648. The van der Waals surface area contributed by atoms with Gasteiger partial charge < -0.3 is 15.0 Å². The number of fused-ring (bicyclic) bond motifs is 1. The van der Waals surface area contributed by atoms with Gasteiger partial charge in [-0.2, -0.15) is 0 Å². The van der Waals surface area contributed by atoms with Gasteiger partial charge in [0.25, 0.3) is 5.91 Å². The zero-order valence-corrected chi connectivity index (χ0v) is 16.0. The van der Waals surface area contributed by atoms with Crippen LogP contribution < -0.4 is 15.0 Å². The van der Waals surface area contributed by atoms with Crippen LogP contribution in [0.2, 0.25) is 0 Å². The molecule has 0 aliphatic carbocycles. The maximum atomic E-state index is 12.7. The molecule has 0 unspecified atom stereocenters. The number of imide groups is 1. The van der Waals surface area contributed by atoms with Crippen LogP contribution in [0.5, 0.6) is 5.75 Å². The molecule has 1 fully saturated rings. The van der Waals surface area contributed by atoms with Gasteiger partial charge in [0.15, 0.2) is 0 Å². The van der Waals surface area contributed by atoms with Gasteiger partial charge in [0.2, 0.25) is 5.91 Å². The van der Waals surface area contributed by atoms with E-state index >= 15 is 0 Å². The van der Waals surface area contributed by atoms with Crippen LogP contribution in [0.25, 0.3) is 10.9 Å². The summed E-state index contributed by atoms with van der Waals surface area (Å²) in [5.41, 5.74) is 3.86. The van der Waals surface area contributed by atoms with Gasteiger partial charge in [0.1, 0.15) is 5.75 Å². The summed E-state index contributed by atoms with van der Waals surface area (Å²) < 4.78 is 5.30. The van der Waals surface area contributed by atoms with Crippen LogP contribution in [0.3, 0.4) is 0 Å². The smallest absolute Gasteiger partial charge is 0.251 e. The lowest BCUT2D eigenvalue weighted by Crippen LogP contribution is -2.39. The number of hydrogen-bond donors (Lipinski definition) is 2. The molecule has 0 radical (unpaired) electrons. The summed E-state index contributed by atoms with van der Waals surface area (Å²) in [6.07, 6.45) is 2.91. The Morgan fingerprint density at radius 1 is 1.21 bits per heavy atom. The van der Waals surface area contributed by atoms with Crippen LogP contribution in [0, 0.1) is 6.92 Å². The second-order valence-electron chi connectivity index (χ2n) is 7.09. The van der Waals surface area contributed by atoms with Gasteiger partial charge in [-0.15, -0.1) is 0 Å². The number of hydrogen-bond acceptors (Lipinski definition) is 4. The van der Waals surface area contributed by atoms with Crippen LogP contribution >= 0.6 is 0 Å². The Morgan fingerprint density at radius 3 is 2.86 bits per heavy atom. The Balaban J connectivity index is 1.42. The topological polar surface area (TPSA) is 74.4 Å². The third kappa shape index (κ3) is 3.39. The zero-order chi connectivity index (χ0) is 19.7. The van der Waals surface area contributed by atoms with E-state index in [-0.39, 0.29) is 18.2 Å². The summed E-state index contributed by atoms with van der Waals surface area (Å²) in [7, 11) is 1.65. The van der Waals surface area contributed by atoms with Crippen molar-refractivity contribution in [3.63, 3.8) is 0 Å². The number of amides is 2. The first kappa shape index (κ1) is 18.3. The molecule has 2 aromatic carbocycles. The number of anilines is 1. The molecule has 2 amide bonds. The van der Waals surface area contributed by atoms with Gasteiger partial charge in [-0.05, 0) is 54.8 Å². The number of carbonyl (C=O) groups is 2. The predicted molar refractivity (Wildman–Crippen MR) is 109 cm³/mol. The Morgan fingerprint density at radius 2 is 2.07 bits per heavy atom. The normalized spacial score (nSPS) is 16.9. The number of carbonyl (C=O) groups excluding carboxylic acids is 2. The predicted octanol–water partition coefficient (Wildman–Crippen LogP) is 2.95. The molecule has 2 N–H and O–H groups in total. The molecule has 4 rings (SSSR count). The minimum atomic E-state index is -0.479. The Bertz CT molecular complexity index is 1040. The largest absolute Gasteiger partial charge is 0.497 e. The molecule has 1 atom stereocenters. The second-order valence-corrected chi connectivity index (χ2v) is 7.09. The van der Waals surface area contributed by atoms with Crippen molar-refractivity contribution in [3.05, 3.63) is 59.8 Å². The van der Waals surface area contributed by atoms with Crippen molar-refractivity contribution in [3.8, 4) is 5.75 Å². The van der Waals surface area contributed by atoms with Gasteiger partial charge in [0, 0.05) is 23.6 Å². The number of aromatic nitrogens is 1. The fourth-order valence-corrected chi connectivity index (χ4v) is 3.70. The molecule has 28 heavy (non-hydrogen) atoms. The number of rotatable bonds is 6. The first-order chi connectivity index (χ1) is 13.6. The molecule has 1 saturated heterocycles. The molecule has 6 heteroatoms. The number of methoxy groups -OCH3 is 1. The molecule has 3 aromatic rings. The van der Waals surface area contributed by atoms with E-state index in [0.717, 1.165) is 34.2 Å². The van der Waals surface area contributed by atoms with Gasteiger partial charge in [-0.1, -0.05) is 12.1 Å². The van der Waals surface area contributed by atoms with Gasteiger partial charge in [-0.3, -0.25) is 9.59 Å². The average molecular weight is 377 g/mol. The first-order valence-corrected chi connectivity index (χ1v) is 9.37. The second kappa shape index (κ2) is 7.48. The van der Waals surface area contributed by atoms with E-state index in [1.165, 1.54) is 4.90 Å². The van der Waals surface area contributed by atoms with Gasteiger partial charge in [0.05, 0.1) is 25.3 Å². The van der Waals surface area contributed by atoms with Gasteiger partial charge in [-0.25, -0.2) is 4.90 Å². The molecule has 1 aliphatic rings. The minimum Gasteiger partial charge on any atom is -0.497 e. The maximum Gasteiger partial charge on any atom is 0.251 e. The molecule has 2 heterocycles. The highest BCUT2D eigenvalue weighted by Gasteiger charge is 2.39. The van der Waals surface area contributed by atoms with Crippen molar-refractivity contribution in [1.29, 1.82) is 0 Å². The molecule has 0 saturated carbocycles. The molecule has 0 bridgehead atoms. The van der Waals surface area contributed by atoms with E-state index in [2.05, 4.69) is 10.3 Å². The summed E-state index contributed by atoms with van der Waals surface area (Å²) in [6, 6.07) is 12.9. The van der Waals surface area contributed by atoms with Crippen molar-refractivity contribution < 1.29 is 14.3 Å². The highest BCUT2D eigenvalue weighted by atomic mass is 16.5. The molecular formula is C22H23N3O3. The Kier molecular flexibility index (Phi) is 4.88. The van der Waals surface area contributed by atoms with Crippen LogP contribution in [0.15, 0.2) is 48.7 Å². The minimum absolute atomic E-state index is 0.162. The number of nitrogens with one attached hydrogen (secondary N) is 2. The van der Waals surface area contributed by atoms with E-state index in [9.17, 15) is 9.59 Å². The van der Waals surface area contributed by atoms with Crippen molar-refractivity contribution >= 4 is 28.4 Å². The average Bonchev–Trinajstić information content (AvgIpc) is 3.21. The molecule has 6 nitrogen and oxygen atoms in total. The van der Waals surface area contributed by atoms with E-state index in [1.807, 2.05) is 49.5 Å². The summed E-state index contributed by atoms with van der Waals surface area (Å²) in [5, 5.41) is 4.36. The maximum absolute atomic E-state index is 12.7. The van der Waals surface area contributed by atoms with Crippen LogP contribution in [0.4, 0.5) is 5.69 Å². The van der Waals surface area contributed by atoms with E-state index in [1.54, 1.807) is 13.2 Å². The van der Waals surface area contributed by atoms with Crippen molar-refractivity contribution in [2.45, 2.75) is 25.8 Å². The molecule has 1 aromatic heterocycles. The van der Waals surface area contributed by atoms with E-state index < -0.39 is 6.04 Å². The molecule has 144 valence electrons. The Hall–Kier alpha value is -3.12. The first-order valence-electron chi connectivity index (χ1n) is 9.37. The summed E-state index contributed by atoms with van der Waals surface area (Å²) >= 11 is 0. The molecule has 0 spiro atoms. The third-order valence-electron chi connectivity index (χ3n) is 5.17.